The third-order valence-electron chi connectivity index (χ3n) is 6.35. The average Bonchev–Trinajstić information content (AvgIpc) is 2.79. The molecule has 1 aliphatic carbocycles. The first kappa shape index (κ1) is 24.9. The van der Waals surface area contributed by atoms with E-state index in [9.17, 15) is 10.1 Å². The summed E-state index contributed by atoms with van der Waals surface area (Å²) in [6.45, 7) is 8.95. The van der Waals surface area contributed by atoms with E-state index in [0.29, 0.717) is 60.1 Å². The minimum Gasteiger partial charge on any atom is -0.494 e. The number of nitriles is 1. The van der Waals surface area contributed by atoms with Gasteiger partial charge in [-0.3, -0.25) is 9.69 Å². The van der Waals surface area contributed by atoms with Gasteiger partial charge in [-0.05, 0) is 62.1 Å². The Hall–Kier alpha value is -3.24. The molecule has 0 spiro atoms. The largest absolute Gasteiger partial charge is 0.494 e. The highest BCUT2D eigenvalue weighted by molar-refractivity contribution is 9.10. The van der Waals surface area contributed by atoms with Crippen molar-refractivity contribution < 1.29 is 14.3 Å². The van der Waals surface area contributed by atoms with E-state index < -0.39 is 5.92 Å². The molecular weight excluding hydrogens is 506 g/mol. The van der Waals surface area contributed by atoms with Crippen molar-refractivity contribution >= 4 is 27.4 Å². The fourth-order valence-electron chi connectivity index (χ4n) is 5.03. The van der Waals surface area contributed by atoms with Crippen molar-refractivity contribution in [3.8, 4) is 17.6 Å². The molecule has 1 atom stereocenters. The number of benzene rings is 2. The molecule has 0 bridgehead atoms. The van der Waals surface area contributed by atoms with Crippen LogP contribution in [0.4, 0.5) is 5.69 Å². The van der Waals surface area contributed by atoms with Crippen LogP contribution in [0.15, 0.2) is 69.6 Å². The van der Waals surface area contributed by atoms with E-state index in [1.54, 1.807) is 0 Å². The van der Waals surface area contributed by atoms with E-state index in [2.05, 4.69) is 35.8 Å². The van der Waals surface area contributed by atoms with E-state index in [1.165, 1.54) is 0 Å². The first-order valence-electron chi connectivity index (χ1n) is 11.8. The molecular formula is C28H30BrN3O3. The lowest BCUT2D eigenvalue weighted by Gasteiger charge is -2.44. The molecule has 7 heteroatoms. The molecule has 0 amide bonds. The highest BCUT2D eigenvalue weighted by Crippen LogP contribution is 2.52. The lowest BCUT2D eigenvalue weighted by molar-refractivity contribution is -0.118. The lowest BCUT2D eigenvalue weighted by atomic mass is 9.68. The quantitative estimate of drug-likeness (QED) is 0.474. The predicted molar refractivity (Wildman–Crippen MR) is 140 cm³/mol. The Morgan fingerprint density at radius 1 is 1.14 bits per heavy atom. The van der Waals surface area contributed by atoms with Gasteiger partial charge < -0.3 is 15.2 Å². The zero-order valence-corrected chi connectivity index (χ0v) is 22.1. The van der Waals surface area contributed by atoms with Crippen LogP contribution in [-0.2, 0) is 4.79 Å². The van der Waals surface area contributed by atoms with Crippen LogP contribution in [0, 0.1) is 16.7 Å². The van der Waals surface area contributed by atoms with Gasteiger partial charge in [-0.2, -0.15) is 5.26 Å². The van der Waals surface area contributed by atoms with E-state index in [0.717, 1.165) is 15.9 Å². The summed E-state index contributed by atoms with van der Waals surface area (Å²) in [5.74, 6) is 0.975. The maximum absolute atomic E-state index is 13.8. The van der Waals surface area contributed by atoms with Gasteiger partial charge in [-0.1, -0.05) is 35.8 Å². The smallest absolute Gasteiger partial charge is 0.162 e. The monoisotopic (exact) mass is 535 g/mol. The van der Waals surface area contributed by atoms with E-state index in [-0.39, 0.29) is 11.2 Å². The second-order valence-corrected chi connectivity index (χ2v) is 10.4. The normalized spacial score (nSPS) is 19.4. The second-order valence-electron chi connectivity index (χ2n) is 9.53. The van der Waals surface area contributed by atoms with Gasteiger partial charge in [0.05, 0.1) is 30.8 Å². The van der Waals surface area contributed by atoms with Crippen LogP contribution in [0.1, 0.15) is 52.0 Å². The molecule has 2 N–H and O–H groups in total. The molecule has 35 heavy (non-hydrogen) atoms. The number of carbonyl (C=O) groups is 1. The number of Topliss-reactive ketones (excluding diaryl/α,β-unsaturated/α-hetero) is 1. The molecule has 4 rings (SSSR count). The van der Waals surface area contributed by atoms with Gasteiger partial charge >= 0.3 is 0 Å². The maximum Gasteiger partial charge on any atom is 0.162 e. The summed E-state index contributed by atoms with van der Waals surface area (Å²) < 4.78 is 12.6. The van der Waals surface area contributed by atoms with Crippen LogP contribution in [0.25, 0.3) is 0 Å². The molecule has 2 aromatic rings. The van der Waals surface area contributed by atoms with E-state index in [1.807, 2.05) is 61.2 Å². The van der Waals surface area contributed by atoms with Crippen LogP contribution in [-0.4, -0.2) is 19.0 Å². The fourth-order valence-corrected chi connectivity index (χ4v) is 5.41. The van der Waals surface area contributed by atoms with Crippen LogP contribution in [0.3, 0.4) is 0 Å². The van der Waals surface area contributed by atoms with Gasteiger partial charge in [0, 0.05) is 33.4 Å². The molecule has 1 aliphatic heterocycles. The molecule has 1 unspecified atom stereocenters. The Kier molecular flexibility index (Phi) is 6.95. The van der Waals surface area contributed by atoms with Gasteiger partial charge in [0.25, 0.3) is 0 Å². The summed E-state index contributed by atoms with van der Waals surface area (Å²) in [6.07, 6.45) is 1.04. The number of ether oxygens (including phenoxy) is 2. The Bertz CT molecular complexity index is 1270. The highest BCUT2D eigenvalue weighted by Gasteiger charge is 2.45. The number of hydrogen-bond acceptors (Lipinski definition) is 6. The van der Waals surface area contributed by atoms with Crippen LogP contribution in [0.5, 0.6) is 11.5 Å². The standard InChI is InChI=1S/C28H30BrN3O3/c1-5-34-19-10-11-24(35-6-2)20(13-19)25-21(16-30)27(31)32(18-9-7-8-17(29)12-18)22-14-28(3,4)15-23(33)26(22)25/h7-13,25H,5-6,14-15,31H2,1-4H3. The number of nitrogens with two attached hydrogens (primary N) is 1. The van der Waals surface area contributed by atoms with Gasteiger partial charge in [0.2, 0.25) is 0 Å². The maximum atomic E-state index is 13.8. The van der Waals surface area contributed by atoms with Crippen molar-refractivity contribution in [3.63, 3.8) is 0 Å². The molecule has 2 aliphatic rings. The predicted octanol–water partition coefficient (Wildman–Crippen LogP) is 6.19. The number of carbonyl (C=O) groups excluding carboxylic acids is 1. The van der Waals surface area contributed by atoms with Crippen molar-refractivity contribution in [2.75, 3.05) is 18.1 Å². The zero-order chi connectivity index (χ0) is 25.3. The number of hydrogen-bond donors (Lipinski definition) is 1. The molecule has 0 radical (unpaired) electrons. The minimum atomic E-state index is -0.635. The van der Waals surface area contributed by atoms with E-state index >= 15 is 0 Å². The molecule has 2 aromatic carbocycles. The van der Waals surface area contributed by atoms with Crippen molar-refractivity contribution in [3.05, 3.63) is 75.2 Å². The minimum absolute atomic E-state index is 0.0192. The van der Waals surface area contributed by atoms with E-state index in [4.69, 9.17) is 15.2 Å². The molecule has 0 fully saturated rings. The zero-order valence-electron chi connectivity index (χ0n) is 20.5. The Balaban J connectivity index is 2.02. The molecule has 0 saturated heterocycles. The summed E-state index contributed by atoms with van der Waals surface area (Å²) in [5, 5.41) is 10.4. The van der Waals surface area contributed by atoms with Crippen LogP contribution < -0.4 is 20.1 Å². The second kappa shape index (κ2) is 9.79. The average molecular weight is 536 g/mol. The topological polar surface area (TPSA) is 88.6 Å². The van der Waals surface area contributed by atoms with Crippen molar-refractivity contribution in [2.45, 2.75) is 46.5 Å². The first-order chi connectivity index (χ1) is 16.7. The number of nitrogens with zero attached hydrogens (tertiary/aromatic N) is 2. The highest BCUT2D eigenvalue weighted by atomic mass is 79.9. The fraction of sp³-hybridized carbons (Fsp3) is 0.357. The number of rotatable bonds is 6. The Morgan fingerprint density at radius 2 is 1.89 bits per heavy atom. The van der Waals surface area contributed by atoms with Crippen molar-refractivity contribution in [1.29, 1.82) is 5.26 Å². The Morgan fingerprint density at radius 3 is 2.54 bits per heavy atom. The third-order valence-corrected chi connectivity index (χ3v) is 6.84. The molecule has 0 aromatic heterocycles. The van der Waals surface area contributed by atoms with Crippen LogP contribution >= 0.6 is 15.9 Å². The first-order valence-corrected chi connectivity index (χ1v) is 12.6. The molecule has 1 heterocycles. The van der Waals surface area contributed by atoms with Gasteiger partial charge in [0.15, 0.2) is 5.78 Å². The lowest BCUT2D eigenvalue weighted by Crippen LogP contribution is -2.42. The number of ketones is 1. The van der Waals surface area contributed by atoms with Gasteiger partial charge in [-0.25, -0.2) is 0 Å². The van der Waals surface area contributed by atoms with Gasteiger partial charge in [0.1, 0.15) is 17.3 Å². The third kappa shape index (κ3) is 4.68. The summed E-state index contributed by atoms with van der Waals surface area (Å²) in [4.78, 5) is 15.7. The summed E-state index contributed by atoms with van der Waals surface area (Å²) in [7, 11) is 0. The van der Waals surface area contributed by atoms with Crippen LogP contribution in [0.2, 0.25) is 0 Å². The summed E-state index contributed by atoms with van der Waals surface area (Å²) >= 11 is 3.54. The molecule has 0 saturated carbocycles. The Labute approximate surface area is 215 Å². The van der Waals surface area contributed by atoms with Crippen molar-refractivity contribution in [1.82, 2.24) is 0 Å². The summed E-state index contributed by atoms with van der Waals surface area (Å²) in [6, 6.07) is 15.6. The molecule has 182 valence electrons. The SMILES string of the molecule is CCOc1ccc(OCC)c(C2C(C#N)=C(N)N(c3cccc(Br)c3)C3=C2C(=O)CC(C)(C)C3)c1. The number of allylic oxidation sites excluding steroid dienone is 3. The molecule has 6 nitrogen and oxygen atoms in total. The summed E-state index contributed by atoms with van der Waals surface area (Å²) in [5.41, 5.74) is 9.78. The number of anilines is 1. The number of halogens is 1. The van der Waals surface area contributed by atoms with Crippen molar-refractivity contribution in [2.24, 2.45) is 11.1 Å². The van der Waals surface area contributed by atoms with Gasteiger partial charge in [-0.15, -0.1) is 0 Å².